The Morgan fingerprint density at radius 1 is 0.321 bits per heavy atom. The molecular weight excluding hydrogens is 697 g/mol. The van der Waals surface area contributed by atoms with E-state index >= 15 is 0 Å². The molecule has 1 aliphatic carbocycles. The summed E-state index contributed by atoms with van der Waals surface area (Å²) in [5.74, 6) is 0.708. The van der Waals surface area contributed by atoms with Crippen LogP contribution in [0.4, 0.5) is 0 Å². The lowest BCUT2D eigenvalue weighted by molar-refractivity contribution is 0.723. The lowest BCUT2D eigenvalue weighted by Crippen LogP contribution is -2.32. The quantitative estimate of drug-likeness (QED) is 0.176. The fourth-order valence-electron chi connectivity index (χ4n) is 8.95. The van der Waals surface area contributed by atoms with Crippen LogP contribution in [0.5, 0.6) is 0 Å². The van der Waals surface area contributed by atoms with Crippen molar-refractivity contribution in [3.05, 3.63) is 229 Å². The van der Waals surface area contributed by atoms with E-state index in [-0.39, 0.29) is 0 Å². The van der Waals surface area contributed by atoms with Gasteiger partial charge in [0, 0.05) is 26.5 Å². The van der Waals surface area contributed by atoms with Gasteiger partial charge < -0.3 is 0 Å². The summed E-state index contributed by atoms with van der Waals surface area (Å²) in [6.45, 7) is 0. The van der Waals surface area contributed by atoms with Crippen LogP contribution in [0.3, 0.4) is 0 Å². The van der Waals surface area contributed by atoms with Crippen LogP contribution in [-0.2, 0) is 5.41 Å². The molecular formula is C53H34N2S. The molecule has 1 aromatic heterocycles. The molecule has 0 radical (unpaired) electrons. The van der Waals surface area contributed by atoms with Crippen LogP contribution in [-0.4, -0.2) is 9.97 Å². The van der Waals surface area contributed by atoms with Crippen LogP contribution >= 0.6 is 11.8 Å². The van der Waals surface area contributed by atoms with Gasteiger partial charge in [-0.05, 0) is 67.8 Å². The normalized spacial score (nSPS) is 13.1. The summed E-state index contributed by atoms with van der Waals surface area (Å²) in [7, 11) is 0. The third-order valence-corrected chi connectivity index (χ3v) is 12.6. The molecule has 0 saturated carbocycles. The van der Waals surface area contributed by atoms with Crippen LogP contribution in [0.25, 0.3) is 67.3 Å². The molecule has 2 nitrogen and oxygen atoms in total. The predicted molar refractivity (Wildman–Crippen MR) is 231 cm³/mol. The number of aromatic nitrogens is 2. The summed E-state index contributed by atoms with van der Waals surface area (Å²) >= 11 is 1.90. The van der Waals surface area contributed by atoms with Gasteiger partial charge in [-0.1, -0.05) is 206 Å². The van der Waals surface area contributed by atoms with Crippen LogP contribution in [0.2, 0.25) is 0 Å². The summed E-state index contributed by atoms with van der Waals surface area (Å²) in [6.07, 6.45) is 0. The first-order valence-electron chi connectivity index (χ1n) is 19.1. The average Bonchev–Trinajstić information content (AvgIpc) is 3.57. The summed E-state index contributed by atoms with van der Waals surface area (Å²) in [5, 5.41) is 0. The number of nitrogens with zero attached hydrogens (tertiary/aromatic N) is 2. The van der Waals surface area contributed by atoms with E-state index in [1.165, 1.54) is 59.9 Å². The molecule has 0 bridgehead atoms. The zero-order valence-electron chi connectivity index (χ0n) is 30.4. The Bertz CT molecular complexity index is 2830. The van der Waals surface area contributed by atoms with Crippen molar-refractivity contribution in [1.29, 1.82) is 0 Å². The van der Waals surface area contributed by atoms with Gasteiger partial charge >= 0.3 is 0 Å². The van der Waals surface area contributed by atoms with Crippen molar-refractivity contribution < 1.29 is 0 Å². The van der Waals surface area contributed by atoms with Crippen molar-refractivity contribution in [2.45, 2.75) is 15.2 Å². The van der Waals surface area contributed by atoms with Crippen molar-refractivity contribution in [2.75, 3.05) is 0 Å². The van der Waals surface area contributed by atoms with Gasteiger partial charge in [0.2, 0.25) is 0 Å². The predicted octanol–water partition coefficient (Wildman–Crippen LogP) is 13.6. The maximum Gasteiger partial charge on any atom is 0.160 e. The third-order valence-electron chi connectivity index (χ3n) is 11.4. The van der Waals surface area contributed by atoms with Gasteiger partial charge in [-0.2, -0.15) is 0 Å². The molecule has 0 amide bonds. The minimum Gasteiger partial charge on any atom is -0.228 e. The molecule has 9 aromatic rings. The second kappa shape index (κ2) is 13.2. The zero-order chi connectivity index (χ0) is 37.1. The van der Waals surface area contributed by atoms with Crippen molar-refractivity contribution in [3.63, 3.8) is 0 Å². The Balaban J connectivity index is 1.05. The smallest absolute Gasteiger partial charge is 0.160 e. The van der Waals surface area contributed by atoms with Gasteiger partial charge in [-0.25, -0.2) is 9.97 Å². The molecule has 0 atom stereocenters. The second-order valence-corrected chi connectivity index (χ2v) is 15.5. The van der Waals surface area contributed by atoms with Gasteiger partial charge in [-0.15, -0.1) is 0 Å². The highest BCUT2D eigenvalue weighted by atomic mass is 32.2. The molecule has 0 saturated heterocycles. The third kappa shape index (κ3) is 5.05. The topological polar surface area (TPSA) is 25.8 Å². The first-order valence-corrected chi connectivity index (χ1v) is 19.9. The van der Waals surface area contributed by atoms with E-state index in [4.69, 9.17) is 9.97 Å². The van der Waals surface area contributed by atoms with Crippen LogP contribution in [0.1, 0.15) is 22.3 Å². The average molecular weight is 731 g/mol. The highest BCUT2D eigenvalue weighted by Gasteiger charge is 2.50. The Morgan fingerprint density at radius 3 is 1.41 bits per heavy atom. The Hall–Kier alpha value is -6.81. The molecule has 2 aliphatic rings. The highest BCUT2D eigenvalue weighted by molar-refractivity contribution is 7.99. The van der Waals surface area contributed by atoms with E-state index < -0.39 is 5.41 Å². The van der Waals surface area contributed by atoms with Gasteiger partial charge in [0.1, 0.15) is 0 Å². The van der Waals surface area contributed by atoms with E-state index in [9.17, 15) is 0 Å². The first kappa shape index (κ1) is 32.6. The number of hydrogen-bond acceptors (Lipinski definition) is 3. The molecule has 2 heterocycles. The summed E-state index contributed by atoms with van der Waals surface area (Å²) < 4.78 is 0. The molecule has 1 spiro atoms. The molecule has 8 aromatic carbocycles. The molecule has 1 aliphatic heterocycles. The number of rotatable bonds is 5. The molecule has 3 heteroatoms. The van der Waals surface area contributed by atoms with Gasteiger partial charge in [-0.3, -0.25) is 0 Å². The van der Waals surface area contributed by atoms with Crippen LogP contribution in [0, 0.1) is 0 Å². The van der Waals surface area contributed by atoms with Gasteiger partial charge in [0.05, 0.1) is 16.8 Å². The van der Waals surface area contributed by atoms with Crippen molar-refractivity contribution in [3.8, 4) is 67.3 Å². The largest absolute Gasteiger partial charge is 0.228 e. The molecule has 262 valence electrons. The Morgan fingerprint density at radius 2 is 0.786 bits per heavy atom. The molecule has 0 N–H and O–H groups in total. The summed E-state index contributed by atoms with van der Waals surface area (Å²) in [5.41, 5.74) is 17.3. The summed E-state index contributed by atoms with van der Waals surface area (Å²) in [4.78, 5) is 12.8. The maximum atomic E-state index is 5.09. The van der Waals surface area contributed by atoms with Crippen LogP contribution < -0.4 is 0 Å². The Kier molecular flexibility index (Phi) is 7.68. The fourth-order valence-corrected chi connectivity index (χ4v) is 10.3. The monoisotopic (exact) mass is 730 g/mol. The van der Waals surface area contributed by atoms with Crippen LogP contribution in [0.15, 0.2) is 216 Å². The SMILES string of the molecule is c1ccc(-c2cc(-c3ccccc3)nc(-c3ccc(-c4ccccc4-c4cccc5c4Sc4ccccc4C54c5ccccc5-c5ccccc54)cc3)n2)cc1. The fraction of sp³-hybridized carbons (Fsp3) is 0.0189. The molecule has 56 heavy (non-hydrogen) atoms. The van der Waals surface area contributed by atoms with E-state index in [1.54, 1.807) is 0 Å². The molecule has 0 unspecified atom stereocenters. The second-order valence-electron chi connectivity index (χ2n) is 14.4. The van der Waals surface area contributed by atoms with E-state index in [0.717, 1.165) is 33.6 Å². The van der Waals surface area contributed by atoms with Crippen molar-refractivity contribution >= 4 is 11.8 Å². The molecule has 0 fully saturated rings. The Labute approximate surface area is 331 Å². The lowest BCUT2D eigenvalue weighted by atomic mass is 9.67. The van der Waals surface area contributed by atoms with Gasteiger partial charge in [0.15, 0.2) is 5.82 Å². The van der Waals surface area contributed by atoms with Gasteiger partial charge in [0.25, 0.3) is 0 Å². The van der Waals surface area contributed by atoms with E-state index in [1.807, 2.05) is 23.9 Å². The standard InChI is InChI=1S/C53H34N2S/c1-3-16-36(17-4-1)48-34-49(37-18-5-2-6-19-37)55-52(54-48)38-32-30-35(31-33-38)39-20-7-8-21-40(39)43-24-15-28-47-51(43)56-50-29-14-13-27-46(50)53(47)44-25-11-9-22-41(44)42-23-10-12-26-45(42)53/h1-34H. The molecule has 11 rings (SSSR count). The zero-order valence-corrected chi connectivity index (χ0v) is 31.2. The highest BCUT2D eigenvalue weighted by Crippen LogP contribution is 2.63. The maximum absolute atomic E-state index is 5.09. The minimum absolute atomic E-state index is 0.413. The first-order chi connectivity index (χ1) is 27.8. The number of hydrogen-bond donors (Lipinski definition) is 0. The van der Waals surface area contributed by atoms with Crippen molar-refractivity contribution in [2.24, 2.45) is 0 Å². The van der Waals surface area contributed by atoms with Crippen molar-refractivity contribution in [1.82, 2.24) is 9.97 Å². The minimum atomic E-state index is -0.413. The van der Waals surface area contributed by atoms with E-state index in [2.05, 4.69) is 194 Å². The lowest BCUT2D eigenvalue weighted by Gasteiger charge is -2.40. The number of benzene rings is 8. The van der Waals surface area contributed by atoms with E-state index in [0.29, 0.717) is 5.82 Å². The summed E-state index contributed by atoms with van der Waals surface area (Å²) in [6, 6.07) is 74.4. The number of fused-ring (bicyclic) bond motifs is 9.